The number of hydrogen-bond donors (Lipinski definition) is 2. The number of halogens is 3. The molecular formula is C25H32ClF2N5O3. The third kappa shape index (κ3) is 5.26. The van der Waals surface area contributed by atoms with Crippen LogP contribution in [0.1, 0.15) is 49.8 Å². The lowest BCUT2D eigenvalue weighted by molar-refractivity contribution is -0.135. The Morgan fingerprint density at radius 2 is 1.92 bits per heavy atom. The van der Waals surface area contributed by atoms with Gasteiger partial charge in [-0.3, -0.25) is 9.59 Å². The van der Waals surface area contributed by atoms with Gasteiger partial charge in [-0.2, -0.15) is 0 Å². The van der Waals surface area contributed by atoms with E-state index in [2.05, 4.69) is 10.3 Å². The Bertz CT molecular complexity index is 1180. The van der Waals surface area contributed by atoms with Gasteiger partial charge < -0.3 is 24.8 Å². The number of hydrogen-bond acceptors (Lipinski definition) is 5. The van der Waals surface area contributed by atoms with E-state index < -0.39 is 35.1 Å². The molecule has 0 bridgehead atoms. The zero-order chi connectivity index (χ0) is 26.4. The van der Waals surface area contributed by atoms with Crippen LogP contribution in [0.4, 0.5) is 8.78 Å². The maximum Gasteiger partial charge on any atom is 0.272 e. The van der Waals surface area contributed by atoms with Crippen molar-refractivity contribution in [2.45, 2.75) is 58.8 Å². The number of amides is 2. The number of fused-ring (bicyclic) bond motifs is 1. The molecule has 3 heterocycles. The average molecular weight is 524 g/mol. The van der Waals surface area contributed by atoms with Gasteiger partial charge in [0.05, 0.1) is 22.4 Å². The smallest absolute Gasteiger partial charge is 0.272 e. The zero-order valence-electron chi connectivity index (χ0n) is 20.9. The first-order chi connectivity index (χ1) is 16.9. The second-order valence-corrected chi connectivity index (χ2v) is 11.1. The van der Waals surface area contributed by atoms with E-state index in [4.69, 9.17) is 11.6 Å². The van der Waals surface area contributed by atoms with E-state index in [9.17, 15) is 23.5 Å². The molecule has 2 aliphatic heterocycles. The lowest BCUT2D eigenvalue weighted by Gasteiger charge is -2.33. The Kier molecular flexibility index (Phi) is 7.41. The predicted molar refractivity (Wildman–Crippen MR) is 131 cm³/mol. The number of nitrogens with zero attached hydrogens (tertiary/aromatic N) is 4. The number of aromatic nitrogens is 2. The maximum absolute atomic E-state index is 14.8. The van der Waals surface area contributed by atoms with E-state index in [1.165, 1.54) is 6.07 Å². The van der Waals surface area contributed by atoms with Crippen molar-refractivity contribution in [3.8, 4) is 11.4 Å². The monoisotopic (exact) mass is 523 g/mol. The highest BCUT2D eigenvalue weighted by Gasteiger charge is 2.39. The number of benzene rings is 1. The summed E-state index contributed by atoms with van der Waals surface area (Å²) < 4.78 is 30.4. The number of likely N-dealkylation sites (tertiary alicyclic amines) is 1. The molecule has 4 rings (SSSR count). The van der Waals surface area contributed by atoms with Crippen molar-refractivity contribution in [3.05, 3.63) is 40.2 Å². The molecular weight excluding hydrogens is 492 g/mol. The van der Waals surface area contributed by atoms with Gasteiger partial charge >= 0.3 is 0 Å². The van der Waals surface area contributed by atoms with Crippen LogP contribution >= 0.6 is 11.6 Å². The topological polar surface area (TPSA) is 90.7 Å². The highest BCUT2D eigenvalue weighted by Crippen LogP contribution is 2.32. The summed E-state index contributed by atoms with van der Waals surface area (Å²) in [6, 6.07) is 1.02. The van der Waals surface area contributed by atoms with Gasteiger partial charge in [0, 0.05) is 32.2 Å². The first-order valence-electron chi connectivity index (χ1n) is 12.1. The quantitative estimate of drug-likeness (QED) is 0.601. The summed E-state index contributed by atoms with van der Waals surface area (Å²) in [4.78, 5) is 35.0. The van der Waals surface area contributed by atoms with Crippen LogP contribution in [0.25, 0.3) is 11.4 Å². The molecule has 2 N–H and O–H groups in total. The summed E-state index contributed by atoms with van der Waals surface area (Å²) >= 11 is 5.94. The standard InChI is InChI=1S/C25H32ClF2N5O3/c1-25(2,3)21(24(36)32-9-6-14(34)12-32)30-23(35)20-19-13-31(4)7-5-8-33(19)22(29-20)15-10-16(26)18(28)11-17(15)27/h10-11,14,21,34H,5-9,12-13H2,1-4H3,(H,30,35). The summed E-state index contributed by atoms with van der Waals surface area (Å²) in [7, 11) is 1.92. The predicted octanol–water partition coefficient (Wildman–Crippen LogP) is 3.05. The second kappa shape index (κ2) is 10.1. The number of carbonyl (C=O) groups is 2. The first-order valence-corrected chi connectivity index (χ1v) is 12.4. The lowest BCUT2D eigenvalue weighted by Crippen LogP contribution is -2.54. The van der Waals surface area contributed by atoms with Crippen LogP contribution in [0.5, 0.6) is 0 Å². The highest BCUT2D eigenvalue weighted by molar-refractivity contribution is 6.31. The fraction of sp³-hybridized carbons (Fsp3) is 0.560. The van der Waals surface area contributed by atoms with Crippen LogP contribution in [0.2, 0.25) is 5.02 Å². The van der Waals surface area contributed by atoms with E-state index in [1.807, 2.05) is 32.7 Å². The fourth-order valence-electron chi connectivity index (χ4n) is 4.78. The largest absolute Gasteiger partial charge is 0.391 e. The minimum absolute atomic E-state index is 0.000699. The van der Waals surface area contributed by atoms with Crippen LogP contribution < -0.4 is 5.32 Å². The molecule has 8 nitrogen and oxygen atoms in total. The Morgan fingerprint density at radius 3 is 2.56 bits per heavy atom. The van der Waals surface area contributed by atoms with Crippen molar-refractivity contribution >= 4 is 23.4 Å². The molecule has 2 aromatic rings. The summed E-state index contributed by atoms with van der Waals surface area (Å²) in [5.41, 5.74) is 0.0506. The normalized spacial score (nSPS) is 19.7. The molecule has 0 radical (unpaired) electrons. The number of aliphatic hydroxyl groups is 1. The van der Waals surface area contributed by atoms with E-state index in [1.54, 1.807) is 9.47 Å². The van der Waals surface area contributed by atoms with Crippen LogP contribution in [-0.2, 0) is 17.9 Å². The average Bonchev–Trinajstić information content (AvgIpc) is 3.31. The van der Waals surface area contributed by atoms with E-state index >= 15 is 0 Å². The molecule has 36 heavy (non-hydrogen) atoms. The summed E-state index contributed by atoms with van der Waals surface area (Å²) in [6.07, 6.45) is 0.655. The molecule has 0 aliphatic carbocycles. The fourth-order valence-corrected chi connectivity index (χ4v) is 4.94. The second-order valence-electron chi connectivity index (χ2n) is 10.7. The van der Waals surface area contributed by atoms with Crippen LogP contribution in [0.3, 0.4) is 0 Å². The minimum Gasteiger partial charge on any atom is -0.391 e. The van der Waals surface area contributed by atoms with Crippen molar-refractivity contribution in [1.29, 1.82) is 0 Å². The van der Waals surface area contributed by atoms with Crippen molar-refractivity contribution in [1.82, 2.24) is 24.7 Å². The van der Waals surface area contributed by atoms with E-state index in [0.717, 1.165) is 13.0 Å². The molecule has 2 atom stereocenters. The minimum atomic E-state index is -0.878. The molecule has 1 aromatic carbocycles. The highest BCUT2D eigenvalue weighted by atomic mass is 35.5. The van der Waals surface area contributed by atoms with Crippen molar-refractivity contribution in [2.75, 3.05) is 26.7 Å². The number of carbonyl (C=O) groups excluding carboxylic acids is 2. The van der Waals surface area contributed by atoms with Gasteiger partial charge in [-0.25, -0.2) is 13.8 Å². The molecule has 0 saturated carbocycles. The van der Waals surface area contributed by atoms with Crippen molar-refractivity contribution in [3.63, 3.8) is 0 Å². The molecule has 1 aromatic heterocycles. The number of rotatable bonds is 4. The van der Waals surface area contributed by atoms with Crippen LogP contribution in [0, 0.1) is 17.0 Å². The maximum atomic E-state index is 14.8. The molecule has 1 fully saturated rings. The van der Waals surface area contributed by atoms with Gasteiger partial charge in [-0.05, 0) is 37.9 Å². The Balaban J connectivity index is 1.74. The Labute approximate surface area is 214 Å². The SMILES string of the molecule is CN1CCCn2c(-c3cc(Cl)c(F)cc3F)nc(C(=O)NC(C(=O)N3CCC(O)C3)C(C)(C)C)c2C1. The molecule has 0 spiro atoms. The zero-order valence-corrected chi connectivity index (χ0v) is 21.7. The van der Waals surface area contributed by atoms with Gasteiger partial charge in [0.15, 0.2) is 5.69 Å². The van der Waals surface area contributed by atoms with Gasteiger partial charge in [-0.1, -0.05) is 32.4 Å². The van der Waals surface area contributed by atoms with Crippen molar-refractivity contribution < 1.29 is 23.5 Å². The lowest BCUT2D eigenvalue weighted by atomic mass is 9.85. The van der Waals surface area contributed by atoms with E-state index in [0.29, 0.717) is 37.8 Å². The molecule has 2 amide bonds. The van der Waals surface area contributed by atoms with Crippen LogP contribution in [-0.4, -0.2) is 75.1 Å². The number of imidazole rings is 1. The first kappa shape index (κ1) is 26.5. The molecule has 1 saturated heterocycles. The van der Waals surface area contributed by atoms with Gasteiger partial charge in [0.25, 0.3) is 5.91 Å². The van der Waals surface area contributed by atoms with Crippen LogP contribution in [0.15, 0.2) is 12.1 Å². The molecule has 11 heteroatoms. The number of nitrogens with one attached hydrogen (secondary N) is 1. The van der Waals surface area contributed by atoms with Gasteiger partial charge in [0.1, 0.15) is 23.5 Å². The molecule has 196 valence electrons. The van der Waals surface area contributed by atoms with Gasteiger partial charge in [-0.15, -0.1) is 0 Å². The number of β-amino-alcohol motifs (C(OH)–C–C–N with tert-alkyl or cyclic N) is 1. The number of aliphatic hydroxyl groups excluding tert-OH is 1. The van der Waals surface area contributed by atoms with Gasteiger partial charge in [0.2, 0.25) is 5.91 Å². The third-order valence-electron chi connectivity index (χ3n) is 6.74. The Morgan fingerprint density at radius 1 is 1.19 bits per heavy atom. The summed E-state index contributed by atoms with van der Waals surface area (Å²) in [5, 5.41) is 12.5. The third-order valence-corrected chi connectivity index (χ3v) is 7.03. The summed E-state index contributed by atoms with van der Waals surface area (Å²) in [5.74, 6) is -2.35. The van der Waals surface area contributed by atoms with Crippen molar-refractivity contribution in [2.24, 2.45) is 5.41 Å². The molecule has 2 unspecified atom stereocenters. The summed E-state index contributed by atoms with van der Waals surface area (Å²) in [6.45, 7) is 7.83. The Hall–Kier alpha value is -2.56. The molecule has 2 aliphatic rings. The van der Waals surface area contributed by atoms with E-state index in [-0.39, 0.29) is 34.6 Å².